The van der Waals surface area contributed by atoms with Crippen molar-refractivity contribution in [2.45, 2.75) is 195 Å². The zero-order valence-electron chi connectivity index (χ0n) is 65.6. The number of hydrogen-bond donors (Lipinski definition) is 4. The second-order valence-electron chi connectivity index (χ2n) is 27.5. The number of aliphatic hydroxyl groups excluding tert-OH is 4. The molecule has 5 saturated heterocycles. The van der Waals surface area contributed by atoms with Crippen molar-refractivity contribution in [2.75, 3.05) is 45.5 Å². The molecule has 0 aromatic heterocycles. The standard InChI is InChI=1S/C82H89ClO38/c1-8-34-100-78-70(115-75(97)49-28-18-11-19-29-49)66(61(105-45(6)90)54(109-78)38-101-41(2)86)120-79-68(113-73(95)47-24-14-9-15-25-47)64(59(94)52(36-84)107-79)119-82-72(117-77(99)51-32-22-13-23-33-51)67(62(106-46(7)91)56(111-82)40-103-43(4)88)121-80-69(114-74(96)48-26-16-10-17-27-48)63(58(93)53(37-85)108-80)118-81-71(116-76(98)50-30-20-12-21-31-50)65(112-57(92)35-83)60(104-44(5)89)55(110-81)39-102-42(3)87/h8-33,52-56,58-72,78-82,84-85,93-94H,1,34-40H2,2-7H3/t52-,53-,54-,55-,56-,58-,59-,60-,61-,62-,63+,64+,65+,66+,67+,68-,69-,70-,71-,72-,78+,79+,80+,81+,82+/m1/s1. The van der Waals surface area contributed by atoms with Gasteiger partial charge in [0, 0.05) is 41.5 Å². The summed E-state index contributed by atoms with van der Waals surface area (Å²) in [4.78, 5) is 166. The average molecular weight is 1720 g/mol. The summed E-state index contributed by atoms with van der Waals surface area (Å²) in [6.45, 7) is 4.12. The Balaban J connectivity index is 1.16. The molecule has 0 bridgehead atoms. The van der Waals surface area contributed by atoms with Crippen LogP contribution in [0.3, 0.4) is 0 Å². The number of aliphatic hydroxyl groups is 4. The lowest BCUT2D eigenvalue weighted by Gasteiger charge is -2.51. The molecule has 38 nitrogen and oxygen atoms in total. The number of alkyl halides is 1. The molecular formula is C82H89ClO38. The minimum Gasteiger partial charge on any atom is -0.463 e. The summed E-state index contributed by atoms with van der Waals surface area (Å²) in [5.74, 6) is -14.4. The molecule has 4 N–H and O–H groups in total. The van der Waals surface area contributed by atoms with Crippen LogP contribution in [0.1, 0.15) is 93.3 Å². The predicted octanol–water partition coefficient (Wildman–Crippen LogP) is 2.82. The summed E-state index contributed by atoms with van der Waals surface area (Å²) >= 11 is 6.02. The van der Waals surface area contributed by atoms with E-state index in [1.807, 2.05) is 0 Å². The highest BCUT2D eigenvalue weighted by Crippen LogP contribution is 2.42. The van der Waals surface area contributed by atoms with Gasteiger partial charge in [0.05, 0.1) is 47.6 Å². The van der Waals surface area contributed by atoms with Gasteiger partial charge in [0.1, 0.15) is 92.8 Å². The van der Waals surface area contributed by atoms with Crippen molar-refractivity contribution in [2.24, 2.45) is 0 Å². The summed E-state index contributed by atoms with van der Waals surface area (Å²) in [6.07, 6.45) is -52.7. The summed E-state index contributed by atoms with van der Waals surface area (Å²) in [5, 5.41) is 48.4. The van der Waals surface area contributed by atoms with Crippen molar-refractivity contribution in [3.8, 4) is 0 Å². The summed E-state index contributed by atoms with van der Waals surface area (Å²) < 4.78 is 136. The fourth-order valence-corrected chi connectivity index (χ4v) is 13.5. The van der Waals surface area contributed by atoms with Crippen molar-refractivity contribution in [1.29, 1.82) is 0 Å². The van der Waals surface area contributed by atoms with Gasteiger partial charge in [0.25, 0.3) is 0 Å². The molecule has 39 heteroatoms. The monoisotopic (exact) mass is 1720 g/mol. The maximum atomic E-state index is 15.2. The van der Waals surface area contributed by atoms with Crippen LogP contribution >= 0.6 is 11.6 Å². The number of benzene rings is 5. The molecule has 0 amide bonds. The number of hydrogen-bond acceptors (Lipinski definition) is 38. The average Bonchev–Trinajstić information content (AvgIpc) is 0.752. The Labute approximate surface area is 695 Å². The van der Waals surface area contributed by atoms with Crippen LogP contribution in [-0.2, 0) is 138 Å². The third-order valence-electron chi connectivity index (χ3n) is 18.8. The third-order valence-corrected chi connectivity index (χ3v) is 19.0. The van der Waals surface area contributed by atoms with Crippen molar-refractivity contribution in [1.82, 2.24) is 0 Å². The topological polar surface area (TPSA) is 489 Å². The highest BCUT2D eigenvalue weighted by Gasteiger charge is 2.63. The predicted molar refractivity (Wildman–Crippen MR) is 401 cm³/mol. The maximum Gasteiger partial charge on any atom is 0.338 e. The van der Waals surface area contributed by atoms with Gasteiger partial charge in [0.2, 0.25) is 0 Å². The lowest BCUT2D eigenvalue weighted by atomic mass is 9.94. The van der Waals surface area contributed by atoms with Gasteiger partial charge in [-0.3, -0.25) is 33.6 Å². The van der Waals surface area contributed by atoms with Crippen LogP contribution < -0.4 is 0 Å². The van der Waals surface area contributed by atoms with Crippen molar-refractivity contribution in [3.05, 3.63) is 192 Å². The fraction of sp³-hybridized carbons (Fsp3) is 0.463. The van der Waals surface area contributed by atoms with Crippen LogP contribution in [0, 0.1) is 0 Å². The minimum absolute atomic E-state index is 0.0639. The van der Waals surface area contributed by atoms with E-state index in [0.29, 0.717) is 0 Å². The van der Waals surface area contributed by atoms with E-state index in [0.717, 1.165) is 41.5 Å². The molecule has 121 heavy (non-hydrogen) atoms. The second-order valence-corrected chi connectivity index (χ2v) is 27.8. The van der Waals surface area contributed by atoms with E-state index < -0.39 is 264 Å². The van der Waals surface area contributed by atoms with Crippen molar-refractivity contribution in [3.63, 3.8) is 0 Å². The smallest absolute Gasteiger partial charge is 0.338 e. The lowest BCUT2D eigenvalue weighted by Crippen LogP contribution is -2.70. The van der Waals surface area contributed by atoms with Gasteiger partial charge in [-0.1, -0.05) is 97.1 Å². The van der Waals surface area contributed by atoms with Crippen LogP contribution in [0.4, 0.5) is 0 Å². The Morgan fingerprint density at radius 3 is 0.835 bits per heavy atom. The molecule has 5 aromatic rings. The quantitative estimate of drug-likeness (QED) is 0.0199. The normalized spacial score (nSPS) is 30.0. The van der Waals surface area contributed by atoms with E-state index in [-0.39, 0.29) is 34.4 Å². The highest BCUT2D eigenvalue weighted by molar-refractivity contribution is 6.26. The Morgan fingerprint density at radius 1 is 0.322 bits per heavy atom. The van der Waals surface area contributed by atoms with Gasteiger partial charge in [-0.25, -0.2) is 24.0 Å². The molecule has 10 rings (SSSR count). The molecule has 25 atom stereocenters. The van der Waals surface area contributed by atoms with E-state index >= 15 is 4.79 Å². The highest BCUT2D eigenvalue weighted by atomic mass is 35.5. The first-order chi connectivity index (χ1) is 58.1. The van der Waals surface area contributed by atoms with Crippen molar-refractivity contribution >= 4 is 83.2 Å². The molecule has 652 valence electrons. The summed E-state index contributed by atoms with van der Waals surface area (Å²) in [7, 11) is 0. The second kappa shape index (κ2) is 44.1. The minimum atomic E-state index is -2.50. The Bertz CT molecular complexity index is 4340. The molecule has 0 radical (unpaired) electrons. The first-order valence-electron chi connectivity index (χ1n) is 37.8. The molecule has 0 unspecified atom stereocenters. The maximum absolute atomic E-state index is 15.2. The van der Waals surface area contributed by atoms with Crippen molar-refractivity contribution < 1.29 is 182 Å². The van der Waals surface area contributed by atoms with Gasteiger partial charge in [0.15, 0.2) is 86.4 Å². The van der Waals surface area contributed by atoms with Gasteiger partial charge >= 0.3 is 71.6 Å². The summed E-state index contributed by atoms with van der Waals surface area (Å²) in [6, 6.07) is 35.3. The van der Waals surface area contributed by atoms with Crippen LogP contribution in [0.25, 0.3) is 0 Å². The first-order valence-corrected chi connectivity index (χ1v) is 38.3. The zero-order valence-corrected chi connectivity index (χ0v) is 66.4. The third kappa shape index (κ3) is 24.5. The number of esters is 12. The van der Waals surface area contributed by atoms with Gasteiger partial charge in [-0.05, 0) is 60.7 Å². The number of halogens is 1. The molecule has 5 aliphatic heterocycles. The Kier molecular flexibility index (Phi) is 33.7. The Morgan fingerprint density at radius 2 is 0.570 bits per heavy atom. The van der Waals surface area contributed by atoms with E-state index in [2.05, 4.69) is 6.58 Å². The molecule has 5 fully saturated rings. The Hall–Kier alpha value is -10.8. The first kappa shape index (κ1) is 92.5. The number of rotatable bonds is 34. The summed E-state index contributed by atoms with van der Waals surface area (Å²) in [5.41, 5.74) is -0.914. The molecule has 5 heterocycles. The van der Waals surface area contributed by atoms with Gasteiger partial charge in [-0.15, -0.1) is 18.2 Å². The molecule has 5 aromatic carbocycles. The molecule has 0 spiro atoms. The van der Waals surface area contributed by atoms with E-state index in [9.17, 15) is 73.2 Å². The molecule has 5 aliphatic rings. The van der Waals surface area contributed by atoms with Gasteiger partial charge < -0.3 is 125 Å². The van der Waals surface area contributed by atoms with E-state index in [4.69, 9.17) is 116 Å². The van der Waals surface area contributed by atoms with E-state index in [1.54, 1.807) is 18.2 Å². The molecule has 0 saturated carbocycles. The fourth-order valence-electron chi connectivity index (χ4n) is 13.5. The number of carbonyl (C=O) groups is 12. The van der Waals surface area contributed by atoms with Crippen LogP contribution in [0.2, 0.25) is 0 Å². The zero-order chi connectivity index (χ0) is 87.1. The van der Waals surface area contributed by atoms with E-state index in [1.165, 1.54) is 140 Å². The van der Waals surface area contributed by atoms with Gasteiger partial charge in [-0.2, -0.15) is 0 Å². The largest absolute Gasteiger partial charge is 0.463 e. The van der Waals surface area contributed by atoms with Crippen LogP contribution in [-0.4, -0.2) is 291 Å². The molecule has 0 aliphatic carbocycles. The number of ether oxygens (including phenoxy) is 22. The lowest BCUT2D eigenvalue weighted by molar-refractivity contribution is -0.393. The van der Waals surface area contributed by atoms with Crippen LogP contribution in [0.15, 0.2) is 164 Å². The molecular weight excluding hydrogens is 1630 g/mol. The SMILES string of the molecule is C=CCO[C@H]1O[C@H](COC(C)=O)[C@@H](OC(C)=O)[C@H](O[C@@H]2O[C@H](CO)[C@@H](O)[C@H](O[C@@H]3O[C@H](COC(C)=O)[C@@H](OC(C)=O)[C@H](O[C@@H]4O[C@H](CO)[C@@H](O)[C@H](O[C@@H]5O[C@H](COC(C)=O)[C@@H](OC(C)=O)[C@H](OC(=O)CCl)[C@H]5OC(=O)c5ccccc5)[C@H]4OC(=O)c4ccccc4)[C@H]3OC(=O)c3ccccc3)[C@H]2OC(=O)c2ccccc2)[C@H]1OC(=O)c1ccccc1. The van der Waals surface area contributed by atoms with Crippen LogP contribution in [0.5, 0.6) is 0 Å². The number of carbonyl (C=O) groups excluding carboxylic acids is 12.